The van der Waals surface area contributed by atoms with Crippen molar-refractivity contribution in [2.24, 2.45) is 0 Å². The van der Waals surface area contributed by atoms with Crippen LogP contribution in [0.5, 0.6) is 0 Å². The van der Waals surface area contributed by atoms with Crippen LogP contribution in [0.15, 0.2) is 48.5 Å². The summed E-state index contributed by atoms with van der Waals surface area (Å²) in [5.74, 6) is 6.04. The molecular weight excluding hydrogens is 232 g/mol. The maximum Gasteiger partial charge on any atom is 0.148 e. The summed E-state index contributed by atoms with van der Waals surface area (Å²) in [4.78, 5) is 0. The molecule has 0 spiro atoms. The van der Waals surface area contributed by atoms with Crippen molar-refractivity contribution in [3.8, 4) is 11.8 Å². The van der Waals surface area contributed by atoms with Gasteiger partial charge in [0.2, 0.25) is 0 Å². The Morgan fingerprint density at radius 2 is 1.68 bits per heavy atom. The first-order chi connectivity index (χ1) is 8.99. The molecule has 2 aromatic carbocycles. The summed E-state index contributed by atoms with van der Waals surface area (Å²) in [6, 6.07) is 15.6. The minimum atomic E-state index is -1.13. The van der Waals surface area contributed by atoms with Crippen molar-refractivity contribution in [1.82, 2.24) is 0 Å². The zero-order valence-electron chi connectivity index (χ0n) is 11.6. The second-order valence-corrected chi connectivity index (χ2v) is 5.01. The van der Waals surface area contributed by atoms with Gasteiger partial charge in [-0.3, -0.25) is 0 Å². The first-order valence-corrected chi connectivity index (χ1v) is 6.37. The van der Waals surface area contributed by atoms with Gasteiger partial charge < -0.3 is 5.11 Å². The van der Waals surface area contributed by atoms with Gasteiger partial charge in [0.1, 0.15) is 5.60 Å². The fourth-order valence-corrected chi connectivity index (χ4v) is 1.98. The van der Waals surface area contributed by atoms with Gasteiger partial charge in [-0.15, -0.1) is 0 Å². The Morgan fingerprint density at radius 1 is 1.00 bits per heavy atom. The summed E-state index contributed by atoms with van der Waals surface area (Å²) in [5.41, 5.74) is 3.00. The van der Waals surface area contributed by atoms with Gasteiger partial charge in [-0.05, 0) is 38.0 Å². The molecule has 19 heavy (non-hydrogen) atoms. The maximum absolute atomic E-state index is 10.4. The molecule has 0 aliphatic carbocycles. The molecule has 0 heterocycles. The molecule has 96 valence electrons. The summed E-state index contributed by atoms with van der Waals surface area (Å²) < 4.78 is 0. The number of hydrogen-bond acceptors (Lipinski definition) is 1. The van der Waals surface area contributed by atoms with E-state index in [4.69, 9.17) is 0 Å². The van der Waals surface area contributed by atoms with Crippen LogP contribution in [0.3, 0.4) is 0 Å². The Kier molecular flexibility index (Phi) is 3.74. The molecule has 0 saturated carbocycles. The maximum atomic E-state index is 10.4. The van der Waals surface area contributed by atoms with Crippen molar-refractivity contribution >= 4 is 0 Å². The second-order valence-electron chi connectivity index (χ2n) is 5.01. The van der Waals surface area contributed by atoms with Crippen LogP contribution >= 0.6 is 0 Å². The molecule has 0 aromatic heterocycles. The fraction of sp³-hybridized carbons (Fsp3) is 0.222. The molecule has 0 radical (unpaired) electrons. The van der Waals surface area contributed by atoms with Gasteiger partial charge in [-0.25, -0.2) is 0 Å². The van der Waals surface area contributed by atoms with Crippen molar-refractivity contribution in [2.75, 3.05) is 0 Å². The molecule has 1 unspecified atom stereocenters. The number of aryl methyl sites for hydroxylation is 2. The molecule has 0 amide bonds. The molecule has 0 aliphatic rings. The van der Waals surface area contributed by atoms with Crippen LogP contribution in [-0.2, 0) is 5.60 Å². The van der Waals surface area contributed by atoms with Crippen molar-refractivity contribution in [3.63, 3.8) is 0 Å². The van der Waals surface area contributed by atoms with E-state index in [9.17, 15) is 5.11 Å². The number of benzene rings is 2. The van der Waals surface area contributed by atoms with Crippen LogP contribution in [0.25, 0.3) is 0 Å². The fourth-order valence-electron chi connectivity index (χ4n) is 1.98. The largest absolute Gasteiger partial charge is 0.374 e. The van der Waals surface area contributed by atoms with Gasteiger partial charge in [0, 0.05) is 5.56 Å². The van der Waals surface area contributed by atoms with E-state index < -0.39 is 5.60 Å². The highest BCUT2D eigenvalue weighted by Gasteiger charge is 2.19. The zero-order chi connectivity index (χ0) is 13.9. The third-order valence-corrected chi connectivity index (χ3v) is 3.16. The standard InChI is InChI=1S/C18H18O/c1-14-9-10-16(15(2)13-14)11-12-18(3,19)17-7-5-4-6-8-17/h4-10,13,19H,1-3H3. The van der Waals surface area contributed by atoms with E-state index in [0.29, 0.717) is 0 Å². The van der Waals surface area contributed by atoms with E-state index >= 15 is 0 Å². The summed E-state index contributed by atoms with van der Waals surface area (Å²) in [7, 11) is 0. The first kappa shape index (κ1) is 13.4. The number of hydrogen-bond donors (Lipinski definition) is 1. The van der Waals surface area contributed by atoms with E-state index in [-0.39, 0.29) is 0 Å². The van der Waals surface area contributed by atoms with Crippen molar-refractivity contribution < 1.29 is 5.11 Å². The lowest BCUT2D eigenvalue weighted by Crippen LogP contribution is -2.18. The highest BCUT2D eigenvalue weighted by molar-refractivity contribution is 5.45. The zero-order valence-corrected chi connectivity index (χ0v) is 11.6. The normalized spacial score (nSPS) is 13.3. The van der Waals surface area contributed by atoms with Crippen LogP contribution in [0.4, 0.5) is 0 Å². The lowest BCUT2D eigenvalue weighted by Gasteiger charge is -2.16. The Bertz CT molecular complexity index is 628. The Hall–Kier alpha value is -2.04. The van der Waals surface area contributed by atoms with E-state index in [0.717, 1.165) is 16.7 Å². The Balaban J connectivity index is 2.33. The molecule has 2 aromatic rings. The molecule has 1 atom stereocenters. The quantitative estimate of drug-likeness (QED) is 0.767. The number of aliphatic hydroxyl groups is 1. The van der Waals surface area contributed by atoms with Crippen molar-refractivity contribution in [2.45, 2.75) is 26.4 Å². The third kappa shape index (κ3) is 3.24. The summed E-state index contributed by atoms with van der Waals surface area (Å²) in [5, 5.41) is 10.4. The SMILES string of the molecule is Cc1ccc(C#CC(C)(O)c2ccccc2)c(C)c1. The minimum Gasteiger partial charge on any atom is -0.374 e. The summed E-state index contributed by atoms with van der Waals surface area (Å²) in [6.07, 6.45) is 0. The minimum absolute atomic E-state index is 0.812. The van der Waals surface area contributed by atoms with Gasteiger partial charge in [0.05, 0.1) is 0 Å². The van der Waals surface area contributed by atoms with Crippen molar-refractivity contribution in [1.29, 1.82) is 0 Å². The molecular formula is C18H18O. The van der Waals surface area contributed by atoms with Crippen LogP contribution in [0.1, 0.15) is 29.2 Å². The van der Waals surface area contributed by atoms with E-state index in [1.165, 1.54) is 5.56 Å². The molecule has 1 N–H and O–H groups in total. The molecule has 2 rings (SSSR count). The monoisotopic (exact) mass is 250 g/mol. The van der Waals surface area contributed by atoms with Crippen LogP contribution < -0.4 is 0 Å². The van der Waals surface area contributed by atoms with Crippen molar-refractivity contribution in [3.05, 3.63) is 70.8 Å². The predicted molar refractivity (Wildman–Crippen MR) is 78.8 cm³/mol. The molecule has 0 saturated heterocycles. The Morgan fingerprint density at radius 3 is 2.32 bits per heavy atom. The van der Waals surface area contributed by atoms with E-state index in [2.05, 4.69) is 24.8 Å². The molecule has 1 heteroatoms. The number of rotatable bonds is 1. The average molecular weight is 250 g/mol. The topological polar surface area (TPSA) is 20.2 Å². The third-order valence-electron chi connectivity index (χ3n) is 3.16. The Labute approximate surface area is 114 Å². The lowest BCUT2D eigenvalue weighted by molar-refractivity contribution is 0.122. The van der Waals surface area contributed by atoms with Gasteiger partial charge in [-0.1, -0.05) is 59.9 Å². The summed E-state index contributed by atoms with van der Waals surface area (Å²) >= 11 is 0. The predicted octanol–water partition coefficient (Wildman–Crippen LogP) is 3.56. The van der Waals surface area contributed by atoms with Gasteiger partial charge in [0.25, 0.3) is 0 Å². The van der Waals surface area contributed by atoms with Gasteiger partial charge >= 0.3 is 0 Å². The smallest absolute Gasteiger partial charge is 0.148 e. The second kappa shape index (κ2) is 5.30. The van der Waals surface area contributed by atoms with Crippen LogP contribution in [0.2, 0.25) is 0 Å². The van der Waals surface area contributed by atoms with Crippen LogP contribution in [0, 0.1) is 25.7 Å². The van der Waals surface area contributed by atoms with Crippen LogP contribution in [-0.4, -0.2) is 5.11 Å². The molecule has 0 aliphatic heterocycles. The van der Waals surface area contributed by atoms with Gasteiger partial charge in [0.15, 0.2) is 0 Å². The summed E-state index contributed by atoms with van der Waals surface area (Å²) in [6.45, 7) is 5.82. The highest BCUT2D eigenvalue weighted by atomic mass is 16.3. The average Bonchev–Trinajstić information content (AvgIpc) is 2.39. The molecule has 1 nitrogen and oxygen atoms in total. The highest BCUT2D eigenvalue weighted by Crippen LogP contribution is 2.19. The molecule has 0 bridgehead atoms. The van der Waals surface area contributed by atoms with E-state index in [1.807, 2.05) is 49.4 Å². The first-order valence-electron chi connectivity index (χ1n) is 6.37. The molecule has 0 fully saturated rings. The van der Waals surface area contributed by atoms with E-state index in [1.54, 1.807) is 6.92 Å². The van der Waals surface area contributed by atoms with Gasteiger partial charge in [-0.2, -0.15) is 0 Å². The lowest BCUT2D eigenvalue weighted by atomic mass is 9.96.